The number of benzene rings is 2. The standard InChI is InChI=1S/C20H22FN5/c1-26(2)12-11-22-18-14-19(23-17-10-6-9-16(21)13-17)25-20(24-18)15-7-4-3-5-8-15/h3-10,13-14H,11-12H2,1-2H3,(H2,22,23,24,25). The van der Waals surface area contributed by atoms with Gasteiger partial charge in [0.05, 0.1) is 0 Å². The van der Waals surface area contributed by atoms with Gasteiger partial charge in [-0.1, -0.05) is 36.4 Å². The predicted molar refractivity (Wildman–Crippen MR) is 104 cm³/mol. The number of hydrogen-bond acceptors (Lipinski definition) is 5. The van der Waals surface area contributed by atoms with Crippen LogP contribution in [0.15, 0.2) is 60.7 Å². The molecule has 0 amide bonds. The number of halogens is 1. The van der Waals surface area contributed by atoms with Crippen molar-refractivity contribution in [3.05, 3.63) is 66.5 Å². The second-order valence-electron chi connectivity index (χ2n) is 6.19. The summed E-state index contributed by atoms with van der Waals surface area (Å²) >= 11 is 0. The van der Waals surface area contributed by atoms with Crippen molar-refractivity contribution < 1.29 is 4.39 Å². The Morgan fingerprint density at radius 1 is 0.923 bits per heavy atom. The molecule has 0 spiro atoms. The summed E-state index contributed by atoms with van der Waals surface area (Å²) in [5, 5.41) is 6.47. The van der Waals surface area contributed by atoms with Crippen molar-refractivity contribution in [3.8, 4) is 11.4 Å². The normalized spacial score (nSPS) is 10.8. The van der Waals surface area contributed by atoms with Crippen LogP contribution in [-0.2, 0) is 0 Å². The Bertz CT molecular complexity index is 852. The highest BCUT2D eigenvalue weighted by atomic mass is 19.1. The third-order valence-corrected chi connectivity index (χ3v) is 3.72. The van der Waals surface area contributed by atoms with Crippen LogP contribution in [0.2, 0.25) is 0 Å². The number of nitrogens with zero attached hydrogens (tertiary/aromatic N) is 3. The molecule has 1 aromatic heterocycles. The molecule has 0 aliphatic carbocycles. The van der Waals surface area contributed by atoms with E-state index in [0.29, 0.717) is 17.3 Å². The molecular formula is C20H22FN5. The summed E-state index contributed by atoms with van der Waals surface area (Å²) in [5.74, 6) is 1.65. The van der Waals surface area contributed by atoms with Gasteiger partial charge in [-0.2, -0.15) is 0 Å². The summed E-state index contributed by atoms with van der Waals surface area (Å²) in [6.45, 7) is 1.65. The zero-order valence-electron chi connectivity index (χ0n) is 14.9. The fraction of sp³-hybridized carbons (Fsp3) is 0.200. The van der Waals surface area contributed by atoms with Crippen LogP contribution in [0.5, 0.6) is 0 Å². The zero-order chi connectivity index (χ0) is 18.4. The van der Waals surface area contributed by atoms with Crippen LogP contribution in [0.25, 0.3) is 11.4 Å². The number of rotatable bonds is 7. The molecule has 26 heavy (non-hydrogen) atoms. The molecule has 0 unspecified atom stereocenters. The first-order chi connectivity index (χ1) is 12.6. The quantitative estimate of drug-likeness (QED) is 0.674. The van der Waals surface area contributed by atoms with Gasteiger partial charge in [-0.15, -0.1) is 0 Å². The van der Waals surface area contributed by atoms with Crippen LogP contribution in [0.4, 0.5) is 21.7 Å². The molecule has 3 rings (SSSR count). The number of nitrogens with one attached hydrogen (secondary N) is 2. The average molecular weight is 351 g/mol. The van der Waals surface area contributed by atoms with Crippen LogP contribution < -0.4 is 10.6 Å². The van der Waals surface area contributed by atoms with Crippen molar-refractivity contribution in [3.63, 3.8) is 0 Å². The Morgan fingerprint density at radius 3 is 2.42 bits per heavy atom. The molecule has 0 saturated carbocycles. The molecule has 0 aliphatic heterocycles. The molecule has 0 atom stereocenters. The SMILES string of the molecule is CN(C)CCNc1cc(Nc2cccc(F)c2)nc(-c2ccccc2)n1. The first kappa shape index (κ1) is 17.8. The number of aromatic nitrogens is 2. The summed E-state index contributed by atoms with van der Waals surface area (Å²) in [6.07, 6.45) is 0. The lowest BCUT2D eigenvalue weighted by Gasteiger charge is -2.13. The van der Waals surface area contributed by atoms with E-state index in [2.05, 4.69) is 25.5 Å². The maximum absolute atomic E-state index is 13.4. The third-order valence-electron chi connectivity index (χ3n) is 3.72. The van der Waals surface area contributed by atoms with Gasteiger partial charge >= 0.3 is 0 Å². The van der Waals surface area contributed by atoms with Crippen molar-refractivity contribution in [1.82, 2.24) is 14.9 Å². The Hall–Kier alpha value is -2.99. The molecule has 134 valence electrons. The van der Waals surface area contributed by atoms with Gasteiger partial charge in [0.2, 0.25) is 0 Å². The first-order valence-electron chi connectivity index (χ1n) is 8.46. The van der Waals surface area contributed by atoms with Crippen molar-refractivity contribution in [1.29, 1.82) is 0 Å². The number of likely N-dealkylation sites (N-methyl/N-ethyl adjacent to an activating group) is 1. The highest BCUT2D eigenvalue weighted by Crippen LogP contribution is 2.23. The van der Waals surface area contributed by atoms with E-state index in [0.717, 1.165) is 24.5 Å². The van der Waals surface area contributed by atoms with Gasteiger partial charge in [-0.3, -0.25) is 0 Å². The molecular weight excluding hydrogens is 329 g/mol. The third kappa shape index (κ3) is 5.00. The van der Waals surface area contributed by atoms with E-state index in [1.807, 2.05) is 50.5 Å². The van der Waals surface area contributed by atoms with E-state index in [4.69, 9.17) is 0 Å². The Kier molecular flexibility index (Phi) is 5.76. The van der Waals surface area contributed by atoms with Crippen molar-refractivity contribution >= 4 is 17.3 Å². The molecule has 3 aromatic rings. The smallest absolute Gasteiger partial charge is 0.163 e. The molecule has 0 bridgehead atoms. The molecule has 0 fully saturated rings. The highest BCUT2D eigenvalue weighted by Gasteiger charge is 2.08. The maximum atomic E-state index is 13.4. The van der Waals surface area contributed by atoms with Crippen LogP contribution in [0.3, 0.4) is 0 Å². The summed E-state index contributed by atoms with van der Waals surface area (Å²) in [4.78, 5) is 11.3. The zero-order valence-corrected chi connectivity index (χ0v) is 14.9. The topological polar surface area (TPSA) is 53.1 Å². The molecule has 6 heteroatoms. The average Bonchev–Trinajstić information content (AvgIpc) is 2.62. The minimum absolute atomic E-state index is 0.295. The van der Waals surface area contributed by atoms with E-state index < -0.39 is 0 Å². The van der Waals surface area contributed by atoms with Crippen molar-refractivity contribution in [2.24, 2.45) is 0 Å². The molecule has 0 saturated heterocycles. The van der Waals surface area contributed by atoms with Crippen LogP contribution in [0.1, 0.15) is 0 Å². The first-order valence-corrected chi connectivity index (χ1v) is 8.46. The fourth-order valence-electron chi connectivity index (χ4n) is 2.44. The Labute approximate surface area is 152 Å². The van der Waals surface area contributed by atoms with Gasteiger partial charge in [-0.25, -0.2) is 14.4 Å². The maximum Gasteiger partial charge on any atom is 0.163 e. The summed E-state index contributed by atoms with van der Waals surface area (Å²) in [5.41, 5.74) is 1.56. The lowest BCUT2D eigenvalue weighted by atomic mass is 10.2. The van der Waals surface area contributed by atoms with Crippen molar-refractivity contribution in [2.75, 3.05) is 37.8 Å². The molecule has 1 heterocycles. The van der Waals surface area contributed by atoms with E-state index in [-0.39, 0.29) is 5.82 Å². The van der Waals surface area contributed by atoms with Crippen LogP contribution >= 0.6 is 0 Å². The predicted octanol–water partition coefficient (Wildman–Crippen LogP) is 4.00. The summed E-state index contributed by atoms with van der Waals surface area (Å²) in [6, 6.07) is 17.9. The van der Waals surface area contributed by atoms with Crippen molar-refractivity contribution in [2.45, 2.75) is 0 Å². The molecule has 0 aliphatic rings. The minimum Gasteiger partial charge on any atom is -0.369 e. The van der Waals surface area contributed by atoms with E-state index in [1.165, 1.54) is 12.1 Å². The van der Waals surface area contributed by atoms with Gasteiger partial charge in [0.15, 0.2) is 5.82 Å². The van der Waals surface area contributed by atoms with Gasteiger partial charge in [-0.05, 0) is 32.3 Å². The number of anilines is 3. The van der Waals surface area contributed by atoms with Crippen LogP contribution in [0, 0.1) is 5.82 Å². The van der Waals surface area contributed by atoms with Gasteiger partial charge < -0.3 is 15.5 Å². The van der Waals surface area contributed by atoms with E-state index in [1.54, 1.807) is 12.1 Å². The fourth-order valence-corrected chi connectivity index (χ4v) is 2.44. The summed E-state index contributed by atoms with van der Waals surface area (Å²) < 4.78 is 13.4. The van der Waals surface area contributed by atoms with Gasteiger partial charge in [0.1, 0.15) is 17.5 Å². The molecule has 2 aromatic carbocycles. The monoisotopic (exact) mass is 351 g/mol. The van der Waals surface area contributed by atoms with Gasteiger partial charge in [0.25, 0.3) is 0 Å². The largest absolute Gasteiger partial charge is 0.369 e. The Morgan fingerprint density at radius 2 is 1.69 bits per heavy atom. The molecule has 5 nitrogen and oxygen atoms in total. The van der Waals surface area contributed by atoms with E-state index >= 15 is 0 Å². The summed E-state index contributed by atoms with van der Waals surface area (Å²) in [7, 11) is 4.04. The van der Waals surface area contributed by atoms with Gasteiger partial charge in [0, 0.05) is 30.4 Å². The minimum atomic E-state index is -0.295. The lowest BCUT2D eigenvalue weighted by molar-refractivity contribution is 0.425. The number of hydrogen-bond donors (Lipinski definition) is 2. The second kappa shape index (κ2) is 8.40. The highest BCUT2D eigenvalue weighted by molar-refractivity contribution is 5.65. The lowest BCUT2D eigenvalue weighted by Crippen LogP contribution is -2.21. The molecule has 0 radical (unpaired) electrons. The second-order valence-corrected chi connectivity index (χ2v) is 6.19. The van der Waals surface area contributed by atoms with Crippen LogP contribution in [-0.4, -0.2) is 42.1 Å². The Balaban J connectivity index is 1.89. The van der Waals surface area contributed by atoms with E-state index in [9.17, 15) is 4.39 Å². The molecule has 2 N–H and O–H groups in total.